The first kappa shape index (κ1) is 15.5. The van der Waals surface area contributed by atoms with Gasteiger partial charge in [0.25, 0.3) is 0 Å². The lowest BCUT2D eigenvalue weighted by Crippen LogP contribution is -2.42. The van der Waals surface area contributed by atoms with Crippen LogP contribution in [0.1, 0.15) is 36.9 Å². The molecule has 2 unspecified atom stereocenters. The lowest BCUT2D eigenvalue weighted by atomic mass is 9.84. The first-order valence-electron chi connectivity index (χ1n) is 7.76. The Kier molecular flexibility index (Phi) is 6.02. The normalized spacial score (nSPS) is 23.9. The van der Waals surface area contributed by atoms with E-state index >= 15 is 0 Å². The van der Waals surface area contributed by atoms with Crippen LogP contribution >= 0.6 is 0 Å². The molecule has 0 aliphatic carbocycles. The minimum Gasteiger partial charge on any atom is -0.380 e. The van der Waals surface area contributed by atoms with Crippen LogP contribution in [0.4, 0.5) is 0 Å². The van der Waals surface area contributed by atoms with Crippen molar-refractivity contribution in [3.8, 4) is 0 Å². The number of benzene rings is 1. The van der Waals surface area contributed by atoms with Crippen LogP contribution in [0, 0.1) is 5.92 Å². The Morgan fingerprint density at radius 1 is 1.40 bits per heavy atom. The van der Waals surface area contributed by atoms with E-state index in [2.05, 4.69) is 48.5 Å². The maximum Gasteiger partial charge on any atom is 0.0713 e. The maximum absolute atomic E-state index is 5.27. The summed E-state index contributed by atoms with van der Waals surface area (Å²) in [5, 5.41) is 3.37. The molecular formula is C17H28N2O. The zero-order valence-electron chi connectivity index (χ0n) is 13.1. The lowest BCUT2D eigenvalue weighted by molar-refractivity contribution is 0.0979. The van der Waals surface area contributed by atoms with Crippen molar-refractivity contribution in [3.63, 3.8) is 0 Å². The van der Waals surface area contributed by atoms with Crippen molar-refractivity contribution in [1.82, 2.24) is 10.2 Å². The molecular weight excluding hydrogens is 248 g/mol. The predicted octanol–water partition coefficient (Wildman–Crippen LogP) is 2.83. The third-order valence-electron chi connectivity index (χ3n) is 4.34. The monoisotopic (exact) mass is 276 g/mol. The average Bonchev–Trinajstić information content (AvgIpc) is 2.48. The highest BCUT2D eigenvalue weighted by Crippen LogP contribution is 2.35. The van der Waals surface area contributed by atoms with Crippen LogP contribution in [-0.2, 0) is 11.3 Å². The molecule has 1 heterocycles. The van der Waals surface area contributed by atoms with Crippen molar-refractivity contribution < 1.29 is 4.74 Å². The lowest BCUT2D eigenvalue weighted by Gasteiger charge is -2.41. The summed E-state index contributed by atoms with van der Waals surface area (Å²) < 4.78 is 5.27. The van der Waals surface area contributed by atoms with Crippen molar-refractivity contribution in [2.75, 3.05) is 33.8 Å². The molecule has 0 radical (unpaired) electrons. The molecule has 0 amide bonds. The molecule has 3 heteroatoms. The van der Waals surface area contributed by atoms with Gasteiger partial charge < -0.3 is 10.1 Å². The summed E-state index contributed by atoms with van der Waals surface area (Å²) >= 11 is 0. The molecule has 1 fully saturated rings. The summed E-state index contributed by atoms with van der Waals surface area (Å²) in [4.78, 5) is 2.62. The molecule has 20 heavy (non-hydrogen) atoms. The van der Waals surface area contributed by atoms with E-state index in [0.29, 0.717) is 18.6 Å². The van der Waals surface area contributed by atoms with Gasteiger partial charge in [-0.15, -0.1) is 0 Å². The van der Waals surface area contributed by atoms with Crippen molar-refractivity contribution in [3.05, 3.63) is 35.4 Å². The summed E-state index contributed by atoms with van der Waals surface area (Å²) in [5.74, 6) is 0.700. The molecule has 1 saturated heterocycles. The SMILES string of the molecule is CCN1CCCC(CNC)C1c1cccc(COC)c1. The molecule has 0 spiro atoms. The Bertz CT molecular complexity index is 406. The minimum atomic E-state index is 0.540. The first-order valence-corrected chi connectivity index (χ1v) is 7.76. The Labute approximate surface area is 123 Å². The van der Waals surface area contributed by atoms with Gasteiger partial charge in [-0.05, 0) is 56.6 Å². The van der Waals surface area contributed by atoms with E-state index < -0.39 is 0 Å². The van der Waals surface area contributed by atoms with Crippen LogP contribution in [0.15, 0.2) is 24.3 Å². The fraction of sp³-hybridized carbons (Fsp3) is 0.647. The van der Waals surface area contributed by atoms with Crippen molar-refractivity contribution in [2.45, 2.75) is 32.4 Å². The summed E-state index contributed by atoms with van der Waals surface area (Å²) in [7, 11) is 3.82. The van der Waals surface area contributed by atoms with E-state index in [1.807, 2.05) is 0 Å². The van der Waals surface area contributed by atoms with E-state index in [-0.39, 0.29) is 0 Å². The molecule has 3 nitrogen and oxygen atoms in total. The smallest absolute Gasteiger partial charge is 0.0713 e. The fourth-order valence-corrected chi connectivity index (χ4v) is 3.50. The van der Waals surface area contributed by atoms with Gasteiger partial charge in [0.2, 0.25) is 0 Å². The van der Waals surface area contributed by atoms with Crippen LogP contribution in [0.2, 0.25) is 0 Å². The molecule has 1 N–H and O–H groups in total. The molecule has 0 bridgehead atoms. The van der Waals surface area contributed by atoms with Gasteiger partial charge in [-0.1, -0.05) is 31.2 Å². The highest BCUT2D eigenvalue weighted by Gasteiger charge is 2.31. The summed E-state index contributed by atoms with van der Waals surface area (Å²) in [5.41, 5.74) is 2.72. The Hall–Kier alpha value is -0.900. The highest BCUT2D eigenvalue weighted by atomic mass is 16.5. The van der Waals surface area contributed by atoms with Gasteiger partial charge in [0.15, 0.2) is 0 Å². The summed E-state index contributed by atoms with van der Waals surface area (Å²) in [6.07, 6.45) is 2.63. The molecule has 1 aromatic rings. The van der Waals surface area contributed by atoms with Gasteiger partial charge in [-0.25, -0.2) is 0 Å². The third kappa shape index (κ3) is 3.60. The van der Waals surface area contributed by atoms with Gasteiger partial charge in [-0.2, -0.15) is 0 Å². The molecule has 2 atom stereocenters. The summed E-state index contributed by atoms with van der Waals surface area (Å²) in [6, 6.07) is 9.46. The zero-order valence-corrected chi connectivity index (χ0v) is 13.1. The van der Waals surface area contributed by atoms with Crippen LogP contribution in [-0.4, -0.2) is 38.7 Å². The van der Waals surface area contributed by atoms with Crippen molar-refractivity contribution in [1.29, 1.82) is 0 Å². The minimum absolute atomic E-state index is 0.540. The number of nitrogens with zero attached hydrogens (tertiary/aromatic N) is 1. The third-order valence-corrected chi connectivity index (χ3v) is 4.34. The number of hydrogen-bond acceptors (Lipinski definition) is 3. The Balaban J connectivity index is 2.25. The predicted molar refractivity (Wildman–Crippen MR) is 83.8 cm³/mol. The van der Waals surface area contributed by atoms with Gasteiger partial charge in [0.1, 0.15) is 0 Å². The Morgan fingerprint density at radius 2 is 2.25 bits per heavy atom. The van der Waals surface area contributed by atoms with E-state index in [4.69, 9.17) is 4.74 Å². The summed E-state index contributed by atoms with van der Waals surface area (Å²) in [6.45, 7) is 6.40. The first-order chi connectivity index (χ1) is 9.80. The van der Waals surface area contributed by atoms with Crippen LogP contribution in [0.5, 0.6) is 0 Å². The topological polar surface area (TPSA) is 24.5 Å². The standard InChI is InChI=1S/C17H28N2O/c1-4-19-10-6-9-16(12-18-2)17(19)15-8-5-7-14(11-15)13-20-3/h5,7-8,11,16-18H,4,6,9-10,12-13H2,1-3H3. The van der Waals surface area contributed by atoms with E-state index in [9.17, 15) is 0 Å². The van der Waals surface area contributed by atoms with E-state index in [1.54, 1.807) is 7.11 Å². The molecule has 112 valence electrons. The second kappa shape index (κ2) is 7.77. The average molecular weight is 276 g/mol. The van der Waals surface area contributed by atoms with Gasteiger partial charge in [0.05, 0.1) is 6.61 Å². The number of hydrogen-bond donors (Lipinski definition) is 1. The van der Waals surface area contributed by atoms with Crippen LogP contribution in [0.25, 0.3) is 0 Å². The van der Waals surface area contributed by atoms with Gasteiger partial charge >= 0.3 is 0 Å². The number of piperidine rings is 1. The molecule has 1 aromatic carbocycles. The second-order valence-corrected chi connectivity index (χ2v) is 5.71. The molecule has 1 aliphatic rings. The van der Waals surface area contributed by atoms with Crippen molar-refractivity contribution >= 4 is 0 Å². The second-order valence-electron chi connectivity index (χ2n) is 5.71. The molecule has 1 aliphatic heterocycles. The number of rotatable bonds is 6. The number of nitrogens with one attached hydrogen (secondary N) is 1. The number of likely N-dealkylation sites (tertiary alicyclic amines) is 1. The van der Waals surface area contributed by atoms with Crippen LogP contribution in [0.3, 0.4) is 0 Å². The number of methoxy groups -OCH3 is 1. The van der Waals surface area contributed by atoms with E-state index in [1.165, 1.54) is 30.5 Å². The fourth-order valence-electron chi connectivity index (χ4n) is 3.50. The van der Waals surface area contributed by atoms with Crippen LogP contribution < -0.4 is 5.32 Å². The van der Waals surface area contributed by atoms with Gasteiger partial charge in [0, 0.05) is 13.2 Å². The largest absolute Gasteiger partial charge is 0.380 e. The van der Waals surface area contributed by atoms with Crippen molar-refractivity contribution in [2.24, 2.45) is 5.92 Å². The van der Waals surface area contributed by atoms with E-state index in [0.717, 1.165) is 13.1 Å². The molecule has 2 rings (SSSR count). The zero-order chi connectivity index (χ0) is 14.4. The van der Waals surface area contributed by atoms with Gasteiger partial charge in [-0.3, -0.25) is 4.90 Å². The number of ether oxygens (including phenoxy) is 1. The Morgan fingerprint density at radius 3 is 2.95 bits per heavy atom. The highest BCUT2D eigenvalue weighted by molar-refractivity contribution is 5.27. The molecule has 0 aromatic heterocycles. The molecule has 0 saturated carbocycles. The quantitative estimate of drug-likeness (QED) is 0.864. The maximum atomic E-state index is 5.27.